The number of imidazole rings is 1. The summed E-state index contributed by atoms with van der Waals surface area (Å²) in [5, 5.41) is 2.66. The SMILES string of the molecule is COC(=O)NC(=Cn1ccnc1)C(C)C. The van der Waals surface area contributed by atoms with Gasteiger partial charge in [0.15, 0.2) is 0 Å². The molecule has 1 aromatic heterocycles. The van der Waals surface area contributed by atoms with Crippen molar-refractivity contribution in [1.82, 2.24) is 14.9 Å². The number of alkyl carbamates (subject to hydrolysis) is 1. The van der Waals surface area contributed by atoms with Crippen LogP contribution in [0, 0.1) is 5.92 Å². The Morgan fingerprint density at radius 2 is 2.33 bits per heavy atom. The summed E-state index contributed by atoms with van der Waals surface area (Å²) < 4.78 is 6.30. The lowest BCUT2D eigenvalue weighted by atomic mass is 10.1. The van der Waals surface area contributed by atoms with Gasteiger partial charge >= 0.3 is 6.09 Å². The molecule has 1 amide bonds. The minimum absolute atomic E-state index is 0.200. The van der Waals surface area contributed by atoms with Gasteiger partial charge in [0.05, 0.1) is 13.4 Å². The van der Waals surface area contributed by atoms with Gasteiger partial charge in [0, 0.05) is 24.3 Å². The zero-order chi connectivity index (χ0) is 11.3. The van der Waals surface area contributed by atoms with E-state index in [0.29, 0.717) is 0 Å². The lowest BCUT2D eigenvalue weighted by Gasteiger charge is -2.12. The van der Waals surface area contributed by atoms with Gasteiger partial charge < -0.3 is 9.30 Å². The van der Waals surface area contributed by atoms with Crippen LogP contribution in [-0.4, -0.2) is 22.8 Å². The van der Waals surface area contributed by atoms with Gasteiger partial charge in [-0.15, -0.1) is 0 Å². The van der Waals surface area contributed by atoms with Crippen LogP contribution in [0.2, 0.25) is 0 Å². The van der Waals surface area contributed by atoms with E-state index in [2.05, 4.69) is 15.0 Å². The second-order valence-corrected chi connectivity index (χ2v) is 3.37. The van der Waals surface area contributed by atoms with Gasteiger partial charge in [-0.2, -0.15) is 0 Å². The predicted octanol–water partition coefficient (Wildman–Crippen LogP) is 1.69. The molecule has 5 heteroatoms. The number of hydrogen-bond donors (Lipinski definition) is 1. The lowest BCUT2D eigenvalue weighted by Crippen LogP contribution is -2.25. The molecule has 0 bridgehead atoms. The van der Waals surface area contributed by atoms with Crippen LogP contribution in [0.15, 0.2) is 24.4 Å². The molecule has 0 saturated heterocycles. The van der Waals surface area contributed by atoms with Crippen molar-refractivity contribution in [2.45, 2.75) is 13.8 Å². The van der Waals surface area contributed by atoms with Crippen LogP contribution in [-0.2, 0) is 4.74 Å². The number of rotatable bonds is 3. The van der Waals surface area contributed by atoms with E-state index in [-0.39, 0.29) is 5.92 Å². The van der Waals surface area contributed by atoms with Gasteiger partial charge in [0.2, 0.25) is 0 Å². The molecule has 1 aromatic rings. The van der Waals surface area contributed by atoms with Crippen LogP contribution >= 0.6 is 0 Å². The average molecular weight is 209 g/mol. The van der Waals surface area contributed by atoms with Crippen LogP contribution < -0.4 is 5.32 Å². The van der Waals surface area contributed by atoms with E-state index in [1.54, 1.807) is 29.5 Å². The summed E-state index contributed by atoms with van der Waals surface area (Å²) in [6.45, 7) is 3.97. The standard InChI is InChI=1S/C10H15N3O2/c1-8(2)9(12-10(14)15-3)6-13-5-4-11-7-13/h4-8H,1-3H3,(H,12,14). The monoisotopic (exact) mass is 209 g/mol. The number of methoxy groups -OCH3 is 1. The first-order valence-corrected chi connectivity index (χ1v) is 4.67. The molecular weight excluding hydrogens is 194 g/mol. The largest absolute Gasteiger partial charge is 0.453 e. The third-order valence-electron chi connectivity index (χ3n) is 1.87. The van der Waals surface area contributed by atoms with Crippen LogP contribution in [0.25, 0.3) is 6.20 Å². The third-order valence-corrected chi connectivity index (χ3v) is 1.87. The maximum atomic E-state index is 11.1. The van der Waals surface area contributed by atoms with Crippen molar-refractivity contribution in [2.24, 2.45) is 5.92 Å². The van der Waals surface area contributed by atoms with Gasteiger partial charge in [0.1, 0.15) is 0 Å². The van der Waals surface area contributed by atoms with Gasteiger partial charge in [-0.25, -0.2) is 9.78 Å². The van der Waals surface area contributed by atoms with Crippen molar-refractivity contribution in [3.63, 3.8) is 0 Å². The third kappa shape index (κ3) is 3.46. The van der Waals surface area contributed by atoms with Crippen LogP contribution in [0.5, 0.6) is 0 Å². The van der Waals surface area contributed by atoms with Crippen molar-refractivity contribution in [3.05, 3.63) is 24.4 Å². The first-order chi connectivity index (χ1) is 7.13. The van der Waals surface area contributed by atoms with Crippen LogP contribution in [0.3, 0.4) is 0 Å². The number of carbonyl (C=O) groups excluding carboxylic acids is 1. The van der Waals surface area contributed by atoms with Gasteiger partial charge in [-0.05, 0) is 5.92 Å². The molecule has 0 aliphatic heterocycles. The molecule has 15 heavy (non-hydrogen) atoms. The van der Waals surface area contributed by atoms with E-state index in [4.69, 9.17) is 0 Å². The number of nitrogens with one attached hydrogen (secondary N) is 1. The van der Waals surface area contributed by atoms with E-state index in [0.717, 1.165) is 5.70 Å². The summed E-state index contributed by atoms with van der Waals surface area (Å²) in [4.78, 5) is 15.0. The molecule has 0 saturated carbocycles. The fourth-order valence-electron chi connectivity index (χ4n) is 1.00. The molecule has 0 spiro atoms. The number of carbonyl (C=O) groups is 1. The second kappa shape index (κ2) is 5.19. The highest BCUT2D eigenvalue weighted by atomic mass is 16.5. The zero-order valence-corrected chi connectivity index (χ0v) is 9.10. The highest BCUT2D eigenvalue weighted by Crippen LogP contribution is 2.07. The Balaban J connectivity index is 2.78. The molecule has 1 N–H and O–H groups in total. The second-order valence-electron chi connectivity index (χ2n) is 3.37. The summed E-state index contributed by atoms with van der Waals surface area (Å²) in [5.74, 6) is 0.200. The molecule has 0 fully saturated rings. The number of amides is 1. The highest BCUT2D eigenvalue weighted by molar-refractivity contribution is 5.70. The number of aromatic nitrogens is 2. The molecule has 5 nitrogen and oxygen atoms in total. The van der Waals surface area contributed by atoms with E-state index >= 15 is 0 Å². The van der Waals surface area contributed by atoms with Crippen LogP contribution in [0.1, 0.15) is 13.8 Å². The first kappa shape index (κ1) is 11.3. The topological polar surface area (TPSA) is 56.1 Å². The number of allylic oxidation sites excluding steroid dienone is 1. The molecular formula is C10H15N3O2. The summed E-state index contributed by atoms with van der Waals surface area (Å²) in [6.07, 6.45) is 6.46. The summed E-state index contributed by atoms with van der Waals surface area (Å²) in [6, 6.07) is 0. The molecule has 1 rings (SSSR count). The smallest absolute Gasteiger partial charge is 0.411 e. The normalized spacial score (nSPS) is 11.6. The Morgan fingerprint density at radius 1 is 1.60 bits per heavy atom. The summed E-state index contributed by atoms with van der Waals surface area (Å²) in [5.41, 5.74) is 0.778. The quantitative estimate of drug-likeness (QED) is 0.824. The predicted molar refractivity (Wildman–Crippen MR) is 56.9 cm³/mol. The molecule has 82 valence electrons. The molecule has 0 atom stereocenters. The van der Waals surface area contributed by atoms with E-state index in [1.807, 2.05) is 13.8 Å². The summed E-state index contributed by atoms with van der Waals surface area (Å²) in [7, 11) is 1.34. The van der Waals surface area contributed by atoms with Crippen molar-refractivity contribution in [2.75, 3.05) is 7.11 Å². The Labute approximate surface area is 88.8 Å². The Morgan fingerprint density at radius 3 is 2.80 bits per heavy atom. The molecule has 1 heterocycles. The van der Waals surface area contributed by atoms with Crippen molar-refractivity contribution >= 4 is 12.3 Å². The molecule has 0 radical (unpaired) electrons. The van der Waals surface area contributed by atoms with Gasteiger partial charge in [-0.1, -0.05) is 13.8 Å². The maximum Gasteiger partial charge on any atom is 0.411 e. The van der Waals surface area contributed by atoms with Crippen molar-refractivity contribution < 1.29 is 9.53 Å². The first-order valence-electron chi connectivity index (χ1n) is 4.67. The molecule has 0 aliphatic rings. The van der Waals surface area contributed by atoms with Crippen LogP contribution in [0.4, 0.5) is 4.79 Å². The molecule has 0 unspecified atom stereocenters. The van der Waals surface area contributed by atoms with E-state index < -0.39 is 6.09 Å². The number of hydrogen-bond acceptors (Lipinski definition) is 3. The van der Waals surface area contributed by atoms with Crippen molar-refractivity contribution in [3.8, 4) is 0 Å². The van der Waals surface area contributed by atoms with E-state index in [9.17, 15) is 4.79 Å². The fraction of sp³-hybridized carbons (Fsp3) is 0.400. The van der Waals surface area contributed by atoms with Crippen molar-refractivity contribution in [1.29, 1.82) is 0 Å². The minimum atomic E-state index is -0.463. The Kier molecular flexibility index (Phi) is 3.91. The maximum absolute atomic E-state index is 11.1. The summed E-state index contributed by atoms with van der Waals surface area (Å²) >= 11 is 0. The minimum Gasteiger partial charge on any atom is -0.453 e. The zero-order valence-electron chi connectivity index (χ0n) is 9.10. The highest BCUT2D eigenvalue weighted by Gasteiger charge is 2.07. The Hall–Kier alpha value is -1.78. The average Bonchev–Trinajstić information content (AvgIpc) is 2.69. The Bertz CT molecular complexity index is 342. The fourth-order valence-corrected chi connectivity index (χ4v) is 1.00. The molecule has 0 aromatic carbocycles. The molecule has 0 aliphatic carbocycles. The van der Waals surface area contributed by atoms with E-state index in [1.165, 1.54) is 7.11 Å². The lowest BCUT2D eigenvalue weighted by molar-refractivity contribution is 0.173. The number of ether oxygens (including phenoxy) is 1. The van der Waals surface area contributed by atoms with Gasteiger partial charge in [-0.3, -0.25) is 5.32 Å². The van der Waals surface area contributed by atoms with Gasteiger partial charge in [0.25, 0.3) is 0 Å². The number of nitrogens with zero attached hydrogens (tertiary/aromatic N) is 2.